The van der Waals surface area contributed by atoms with Crippen LogP contribution in [-0.2, 0) is 23.8 Å². The van der Waals surface area contributed by atoms with Gasteiger partial charge in [0.05, 0.1) is 33.4 Å². The van der Waals surface area contributed by atoms with Crippen LogP contribution in [0.1, 0.15) is 42.8 Å². The van der Waals surface area contributed by atoms with Crippen molar-refractivity contribution in [2.45, 2.75) is 25.7 Å². The van der Waals surface area contributed by atoms with Gasteiger partial charge in [0.2, 0.25) is 11.8 Å². The van der Waals surface area contributed by atoms with Crippen LogP contribution in [0.15, 0.2) is 34.7 Å². The van der Waals surface area contributed by atoms with E-state index >= 15 is 0 Å². The average Bonchev–Trinajstić information content (AvgIpc) is 3.23. The summed E-state index contributed by atoms with van der Waals surface area (Å²) >= 11 is 0. The Labute approximate surface area is 176 Å². The van der Waals surface area contributed by atoms with Gasteiger partial charge >= 0.3 is 11.9 Å². The molecule has 0 aliphatic carbocycles. The number of esters is 2. The minimum absolute atomic E-state index is 0.0893. The van der Waals surface area contributed by atoms with Crippen molar-refractivity contribution in [3.63, 3.8) is 0 Å². The molecule has 0 amide bonds. The second-order valence-electron chi connectivity index (χ2n) is 7.41. The van der Waals surface area contributed by atoms with E-state index in [1.54, 1.807) is 0 Å². The van der Waals surface area contributed by atoms with Gasteiger partial charge in [0.25, 0.3) is 0 Å². The SMILES string of the molecule is COC(=O)C(C(=O)OC)C(c1ccccc1)c1nc(C(C)C)c(N2CCOCC2)o1. The van der Waals surface area contributed by atoms with Crippen molar-refractivity contribution in [1.82, 2.24) is 4.98 Å². The van der Waals surface area contributed by atoms with Gasteiger partial charge in [0.15, 0.2) is 5.92 Å². The fourth-order valence-electron chi connectivity index (χ4n) is 3.60. The Morgan fingerprint density at radius 2 is 1.63 bits per heavy atom. The van der Waals surface area contributed by atoms with Crippen LogP contribution in [0.25, 0.3) is 0 Å². The lowest BCUT2D eigenvalue weighted by Gasteiger charge is -2.27. The van der Waals surface area contributed by atoms with Crippen LogP contribution < -0.4 is 4.90 Å². The van der Waals surface area contributed by atoms with Crippen LogP contribution in [0.3, 0.4) is 0 Å². The predicted octanol–water partition coefficient (Wildman–Crippen LogP) is 2.73. The molecule has 2 aromatic rings. The molecule has 1 fully saturated rings. The first kappa shape index (κ1) is 21.8. The van der Waals surface area contributed by atoms with E-state index in [-0.39, 0.29) is 11.8 Å². The van der Waals surface area contributed by atoms with Gasteiger partial charge in [-0.25, -0.2) is 4.98 Å². The smallest absolute Gasteiger partial charge is 0.321 e. The molecular formula is C22H28N2O6. The van der Waals surface area contributed by atoms with Gasteiger partial charge in [0, 0.05) is 19.0 Å². The molecule has 1 saturated heterocycles. The Balaban J connectivity index is 2.14. The van der Waals surface area contributed by atoms with E-state index < -0.39 is 23.8 Å². The van der Waals surface area contributed by atoms with Crippen molar-refractivity contribution < 1.29 is 28.2 Å². The maximum atomic E-state index is 12.6. The second kappa shape index (κ2) is 9.75. The highest BCUT2D eigenvalue weighted by Gasteiger charge is 2.42. The fourth-order valence-corrected chi connectivity index (χ4v) is 3.60. The summed E-state index contributed by atoms with van der Waals surface area (Å²) in [5, 5.41) is 0. The molecule has 162 valence electrons. The van der Waals surface area contributed by atoms with E-state index in [0.717, 1.165) is 5.69 Å². The van der Waals surface area contributed by atoms with Crippen molar-refractivity contribution in [2.24, 2.45) is 5.92 Å². The molecule has 8 nitrogen and oxygen atoms in total. The van der Waals surface area contributed by atoms with Crippen LogP contribution in [0, 0.1) is 5.92 Å². The predicted molar refractivity (Wildman–Crippen MR) is 109 cm³/mol. The second-order valence-corrected chi connectivity index (χ2v) is 7.41. The van der Waals surface area contributed by atoms with Gasteiger partial charge in [0.1, 0.15) is 5.69 Å². The van der Waals surface area contributed by atoms with Gasteiger partial charge in [-0.1, -0.05) is 44.2 Å². The molecule has 1 aromatic heterocycles. The summed E-state index contributed by atoms with van der Waals surface area (Å²) in [4.78, 5) is 32.1. The molecule has 0 saturated carbocycles. The molecule has 1 atom stereocenters. The van der Waals surface area contributed by atoms with Crippen molar-refractivity contribution in [2.75, 3.05) is 45.4 Å². The first-order valence-corrected chi connectivity index (χ1v) is 10.0. The number of morpholine rings is 1. The summed E-state index contributed by atoms with van der Waals surface area (Å²) in [6, 6.07) is 9.20. The molecule has 3 rings (SSSR count). The zero-order valence-electron chi connectivity index (χ0n) is 17.8. The Morgan fingerprint density at radius 3 is 2.17 bits per heavy atom. The number of methoxy groups -OCH3 is 2. The molecule has 0 spiro atoms. The number of aromatic nitrogens is 1. The normalized spacial score (nSPS) is 15.3. The Kier molecular flexibility index (Phi) is 7.10. The maximum Gasteiger partial charge on any atom is 0.321 e. The summed E-state index contributed by atoms with van der Waals surface area (Å²) in [7, 11) is 2.49. The highest BCUT2D eigenvalue weighted by molar-refractivity contribution is 5.96. The molecule has 0 N–H and O–H groups in total. The van der Waals surface area contributed by atoms with Crippen LogP contribution >= 0.6 is 0 Å². The van der Waals surface area contributed by atoms with E-state index in [1.807, 2.05) is 44.2 Å². The number of rotatable bonds is 7. The molecule has 1 aromatic carbocycles. The summed E-state index contributed by atoms with van der Waals surface area (Å²) < 4.78 is 21.5. The average molecular weight is 416 g/mol. The first-order chi connectivity index (χ1) is 14.5. The standard InChI is InChI=1S/C22H28N2O6/c1-14(2)18-20(24-10-12-29-13-11-24)30-19(23-18)16(15-8-6-5-7-9-15)17(21(25)27-3)22(26)28-4/h5-9,14,16-17H,10-13H2,1-4H3. The van der Waals surface area contributed by atoms with Gasteiger partial charge in [-0.05, 0) is 5.56 Å². The van der Waals surface area contributed by atoms with Crippen LogP contribution in [-0.4, -0.2) is 57.4 Å². The lowest BCUT2D eigenvalue weighted by atomic mass is 9.85. The van der Waals surface area contributed by atoms with Crippen molar-refractivity contribution >= 4 is 17.8 Å². The third-order valence-electron chi connectivity index (χ3n) is 5.16. The largest absolute Gasteiger partial charge is 0.468 e. The molecular weight excluding hydrogens is 388 g/mol. The van der Waals surface area contributed by atoms with E-state index in [0.29, 0.717) is 37.8 Å². The van der Waals surface area contributed by atoms with E-state index in [2.05, 4.69) is 4.90 Å². The van der Waals surface area contributed by atoms with E-state index in [1.165, 1.54) is 14.2 Å². The third kappa shape index (κ3) is 4.48. The van der Waals surface area contributed by atoms with Crippen LogP contribution in [0.4, 0.5) is 5.88 Å². The molecule has 0 bridgehead atoms. The van der Waals surface area contributed by atoms with Crippen molar-refractivity contribution in [1.29, 1.82) is 0 Å². The van der Waals surface area contributed by atoms with Gasteiger partial charge < -0.3 is 23.5 Å². The summed E-state index contributed by atoms with van der Waals surface area (Å²) in [6.45, 7) is 6.62. The lowest BCUT2D eigenvalue weighted by molar-refractivity contribution is -0.159. The van der Waals surface area contributed by atoms with Gasteiger partial charge in [-0.3, -0.25) is 9.59 Å². The number of hydrogen-bond donors (Lipinski definition) is 0. The quantitative estimate of drug-likeness (QED) is 0.503. The number of oxazole rings is 1. The minimum Gasteiger partial charge on any atom is -0.468 e. The topological polar surface area (TPSA) is 91.1 Å². The van der Waals surface area contributed by atoms with Crippen LogP contribution in [0.2, 0.25) is 0 Å². The molecule has 1 aliphatic rings. The lowest BCUT2D eigenvalue weighted by Crippen LogP contribution is -2.36. The van der Waals surface area contributed by atoms with E-state index in [4.69, 9.17) is 23.6 Å². The number of ether oxygens (including phenoxy) is 3. The number of benzene rings is 1. The molecule has 8 heteroatoms. The number of anilines is 1. The van der Waals surface area contributed by atoms with E-state index in [9.17, 15) is 9.59 Å². The Morgan fingerprint density at radius 1 is 1.03 bits per heavy atom. The number of hydrogen-bond acceptors (Lipinski definition) is 8. The molecule has 2 heterocycles. The van der Waals surface area contributed by atoms with Gasteiger partial charge in [-0.2, -0.15) is 0 Å². The Hall–Kier alpha value is -2.87. The minimum atomic E-state index is -1.24. The summed E-state index contributed by atoms with van der Waals surface area (Å²) in [5.74, 6) is -2.39. The number of nitrogens with zero attached hydrogens (tertiary/aromatic N) is 2. The zero-order valence-corrected chi connectivity index (χ0v) is 17.8. The first-order valence-electron chi connectivity index (χ1n) is 10.0. The molecule has 1 aliphatic heterocycles. The summed E-state index contributed by atoms with van der Waals surface area (Å²) in [6.07, 6.45) is 0. The maximum absolute atomic E-state index is 12.6. The Bertz CT molecular complexity index is 842. The zero-order chi connectivity index (χ0) is 21.7. The van der Waals surface area contributed by atoms with Crippen molar-refractivity contribution in [3.05, 3.63) is 47.5 Å². The highest BCUT2D eigenvalue weighted by atomic mass is 16.5. The van der Waals surface area contributed by atoms with Gasteiger partial charge in [-0.15, -0.1) is 0 Å². The molecule has 1 unspecified atom stereocenters. The third-order valence-corrected chi connectivity index (χ3v) is 5.16. The van der Waals surface area contributed by atoms with Crippen molar-refractivity contribution in [3.8, 4) is 0 Å². The number of carbonyl (C=O) groups excluding carboxylic acids is 2. The molecule has 0 radical (unpaired) electrons. The number of carbonyl (C=O) groups is 2. The molecule has 30 heavy (non-hydrogen) atoms. The summed E-state index contributed by atoms with van der Waals surface area (Å²) in [5.41, 5.74) is 1.49. The monoisotopic (exact) mass is 416 g/mol. The van der Waals surface area contributed by atoms with Crippen LogP contribution in [0.5, 0.6) is 0 Å². The fraction of sp³-hybridized carbons (Fsp3) is 0.500. The highest BCUT2D eigenvalue weighted by Crippen LogP contribution is 2.38.